The van der Waals surface area contributed by atoms with Crippen molar-refractivity contribution in [2.24, 2.45) is 0 Å². The van der Waals surface area contributed by atoms with E-state index < -0.39 is 10.8 Å². The third-order valence-corrected chi connectivity index (χ3v) is 6.79. The summed E-state index contributed by atoms with van der Waals surface area (Å²) in [6.07, 6.45) is 2.04. The third-order valence-electron chi connectivity index (χ3n) is 4.08. The summed E-state index contributed by atoms with van der Waals surface area (Å²) in [4.78, 5) is 15.3. The van der Waals surface area contributed by atoms with E-state index in [9.17, 15) is 9.00 Å². The van der Waals surface area contributed by atoms with Gasteiger partial charge < -0.3 is 10.2 Å². The Morgan fingerprint density at radius 2 is 1.78 bits per heavy atom. The molecule has 0 bridgehead atoms. The molecule has 6 heteroatoms. The quantitative estimate of drug-likeness (QED) is 0.680. The maximum Gasteiger partial charge on any atom is 0.321 e. The standard InChI is InChI=1S/C21H28N2O2S2/c1-21(2,3)27(25)15-17-7-6-8-18(13-17)22-20(24)23(4)14-16-9-11-19(26-5)12-10-16/h6-13H,14-15H2,1-5H3,(H,22,24). The molecule has 1 N–H and O–H groups in total. The predicted octanol–water partition coefficient (Wildman–Crippen LogP) is 5.12. The highest BCUT2D eigenvalue weighted by molar-refractivity contribution is 7.98. The second-order valence-corrected chi connectivity index (χ2v) is 10.5. The Kier molecular flexibility index (Phi) is 7.50. The van der Waals surface area contributed by atoms with Crippen LogP contribution in [0.4, 0.5) is 10.5 Å². The Labute approximate surface area is 169 Å². The van der Waals surface area contributed by atoms with Crippen LogP contribution >= 0.6 is 11.8 Å². The minimum absolute atomic E-state index is 0.168. The lowest BCUT2D eigenvalue weighted by Gasteiger charge is -2.19. The molecule has 1 atom stereocenters. The minimum Gasteiger partial charge on any atom is -0.323 e. The Morgan fingerprint density at radius 3 is 2.37 bits per heavy atom. The van der Waals surface area contributed by atoms with Crippen LogP contribution in [0.5, 0.6) is 0 Å². The zero-order valence-corrected chi connectivity index (χ0v) is 18.2. The number of thioether (sulfide) groups is 1. The number of anilines is 1. The van der Waals surface area contributed by atoms with Crippen molar-refractivity contribution < 1.29 is 9.00 Å². The molecule has 0 saturated carbocycles. The first kappa shape index (κ1) is 21.5. The second-order valence-electron chi connectivity index (χ2n) is 7.44. The average Bonchev–Trinajstić information content (AvgIpc) is 2.61. The van der Waals surface area contributed by atoms with E-state index in [0.29, 0.717) is 18.0 Å². The summed E-state index contributed by atoms with van der Waals surface area (Å²) in [6, 6.07) is 15.6. The van der Waals surface area contributed by atoms with Crippen molar-refractivity contribution in [2.75, 3.05) is 18.6 Å². The molecule has 2 amide bonds. The Morgan fingerprint density at radius 1 is 1.11 bits per heavy atom. The molecule has 146 valence electrons. The predicted molar refractivity (Wildman–Crippen MR) is 117 cm³/mol. The third kappa shape index (κ3) is 6.70. The molecular formula is C21H28N2O2S2. The number of nitrogens with one attached hydrogen (secondary N) is 1. The summed E-state index contributed by atoms with van der Waals surface area (Å²) in [5, 5.41) is 2.92. The molecule has 2 aromatic carbocycles. The van der Waals surface area contributed by atoms with Gasteiger partial charge in [0.15, 0.2) is 0 Å². The summed E-state index contributed by atoms with van der Waals surface area (Å²) in [5.41, 5.74) is 2.75. The molecule has 0 saturated heterocycles. The molecule has 0 heterocycles. The summed E-state index contributed by atoms with van der Waals surface area (Å²) >= 11 is 1.70. The first-order valence-corrected chi connectivity index (χ1v) is 11.4. The molecule has 0 fully saturated rings. The largest absolute Gasteiger partial charge is 0.323 e. The number of urea groups is 1. The molecule has 0 aliphatic heterocycles. The molecule has 2 aromatic rings. The van der Waals surface area contributed by atoms with Crippen molar-refractivity contribution in [2.45, 2.75) is 42.7 Å². The average molecular weight is 405 g/mol. The van der Waals surface area contributed by atoms with Crippen LogP contribution < -0.4 is 5.32 Å². The van der Waals surface area contributed by atoms with Gasteiger partial charge in [-0.25, -0.2) is 4.79 Å². The molecule has 0 aromatic heterocycles. The highest BCUT2D eigenvalue weighted by Crippen LogP contribution is 2.19. The summed E-state index contributed by atoms with van der Waals surface area (Å²) < 4.78 is 12.1. The van der Waals surface area contributed by atoms with Crippen molar-refractivity contribution in [1.82, 2.24) is 4.90 Å². The van der Waals surface area contributed by atoms with Crippen LogP contribution in [-0.2, 0) is 23.1 Å². The van der Waals surface area contributed by atoms with Crippen molar-refractivity contribution in [1.29, 1.82) is 0 Å². The van der Waals surface area contributed by atoms with Gasteiger partial charge in [-0.05, 0) is 62.4 Å². The van der Waals surface area contributed by atoms with Crippen molar-refractivity contribution in [3.05, 3.63) is 59.7 Å². The molecule has 0 spiro atoms. The van der Waals surface area contributed by atoms with Gasteiger partial charge in [-0.2, -0.15) is 0 Å². The number of rotatable bonds is 6. The molecule has 2 rings (SSSR count). The van der Waals surface area contributed by atoms with Crippen LogP contribution in [0, 0.1) is 0 Å². The lowest BCUT2D eigenvalue weighted by Crippen LogP contribution is -2.30. The monoisotopic (exact) mass is 404 g/mol. The minimum atomic E-state index is -0.972. The van der Waals surface area contributed by atoms with Crippen LogP contribution in [0.3, 0.4) is 0 Å². The SMILES string of the molecule is CSc1ccc(CN(C)C(=O)Nc2cccc(CS(=O)C(C)(C)C)c2)cc1. The number of amides is 2. The number of hydrogen-bond donors (Lipinski definition) is 1. The van der Waals surface area contributed by atoms with Crippen molar-refractivity contribution >= 4 is 34.3 Å². The normalized spacial score (nSPS) is 12.5. The highest BCUT2D eigenvalue weighted by atomic mass is 32.2. The van der Waals surface area contributed by atoms with Gasteiger partial charge in [-0.15, -0.1) is 11.8 Å². The Hall–Kier alpha value is -1.79. The lowest BCUT2D eigenvalue weighted by molar-refractivity contribution is 0.220. The fourth-order valence-corrected chi connectivity index (χ4v) is 3.73. The van der Waals surface area contributed by atoms with E-state index in [1.54, 1.807) is 23.7 Å². The summed E-state index contributed by atoms with van der Waals surface area (Å²) in [5.74, 6) is 0.477. The topological polar surface area (TPSA) is 49.4 Å². The van der Waals surface area contributed by atoms with Crippen molar-refractivity contribution in [3.8, 4) is 0 Å². The van der Waals surface area contributed by atoms with Crippen LogP contribution in [0.25, 0.3) is 0 Å². The van der Waals surface area contributed by atoms with Crippen LogP contribution in [0.1, 0.15) is 31.9 Å². The van der Waals surface area contributed by atoms with Gasteiger partial charge in [0.2, 0.25) is 0 Å². The zero-order chi connectivity index (χ0) is 20.0. The number of hydrogen-bond acceptors (Lipinski definition) is 3. The van der Waals surface area contributed by atoms with Crippen LogP contribution in [0.2, 0.25) is 0 Å². The van der Waals surface area contributed by atoms with Gasteiger partial charge in [0.25, 0.3) is 0 Å². The number of benzene rings is 2. The molecule has 4 nitrogen and oxygen atoms in total. The molecule has 0 aliphatic rings. The van der Waals surface area contributed by atoms with Crippen LogP contribution in [0.15, 0.2) is 53.4 Å². The van der Waals surface area contributed by atoms with Gasteiger partial charge in [-0.3, -0.25) is 4.21 Å². The zero-order valence-electron chi connectivity index (χ0n) is 16.6. The van der Waals surface area contributed by atoms with Crippen LogP contribution in [-0.4, -0.2) is 33.2 Å². The van der Waals surface area contributed by atoms with E-state index in [2.05, 4.69) is 17.4 Å². The van der Waals surface area contributed by atoms with Gasteiger partial charge in [0, 0.05) is 45.5 Å². The molecule has 27 heavy (non-hydrogen) atoms. The molecular weight excluding hydrogens is 376 g/mol. The number of nitrogens with zero attached hydrogens (tertiary/aromatic N) is 1. The van der Waals surface area contributed by atoms with Gasteiger partial charge in [0.1, 0.15) is 0 Å². The molecule has 0 aliphatic carbocycles. The maximum atomic E-state index is 12.5. The molecule has 0 radical (unpaired) electrons. The first-order chi connectivity index (χ1) is 12.7. The second kappa shape index (κ2) is 9.42. The highest BCUT2D eigenvalue weighted by Gasteiger charge is 2.19. The lowest BCUT2D eigenvalue weighted by atomic mass is 10.2. The van der Waals surface area contributed by atoms with Gasteiger partial charge in [0.05, 0.1) is 0 Å². The molecule has 1 unspecified atom stereocenters. The van der Waals surface area contributed by atoms with Gasteiger partial charge in [-0.1, -0.05) is 24.3 Å². The van der Waals surface area contributed by atoms with E-state index in [1.165, 1.54) is 4.90 Å². The Bertz CT molecular complexity index is 799. The summed E-state index contributed by atoms with van der Waals surface area (Å²) in [7, 11) is 0.802. The van der Waals surface area contributed by atoms with E-state index in [4.69, 9.17) is 0 Å². The number of carbonyl (C=O) groups is 1. The fraction of sp³-hybridized carbons (Fsp3) is 0.381. The van der Waals surface area contributed by atoms with Crippen molar-refractivity contribution in [3.63, 3.8) is 0 Å². The summed E-state index contributed by atoms with van der Waals surface area (Å²) in [6.45, 7) is 6.44. The first-order valence-electron chi connectivity index (χ1n) is 8.81. The van der Waals surface area contributed by atoms with E-state index in [-0.39, 0.29) is 10.8 Å². The van der Waals surface area contributed by atoms with E-state index in [1.807, 2.05) is 63.4 Å². The number of carbonyl (C=O) groups excluding carboxylic acids is 1. The van der Waals surface area contributed by atoms with E-state index >= 15 is 0 Å². The fourth-order valence-electron chi connectivity index (χ4n) is 2.40. The smallest absolute Gasteiger partial charge is 0.321 e. The van der Waals surface area contributed by atoms with Gasteiger partial charge >= 0.3 is 6.03 Å². The van der Waals surface area contributed by atoms with E-state index in [0.717, 1.165) is 11.1 Å². The maximum absolute atomic E-state index is 12.5. The Balaban J connectivity index is 1.98.